The number of nitrogens with one attached hydrogen (secondary N) is 1. The quantitative estimate of drug-likeness (QED) is 0.274. The molecule has 1 saturated heterocycles. The molecule has 0 unspecified atom stereocenters. The molecular formula is C31H35N5O6. The van der Waals surface area contributed by atoms with Gasteiger partial charge in [0, 0.05) is 24.3 Å². The number of fused-ring (bicyclic) bond motifs is 1. The minimum Gasteiger partial charge on any atom is -0.496 e. The van der Waals surface area contributed by atoms with E-state index in [9.17, 15) is 9.59 Å². The summed E-state index contributed by atoms with van der Waals surface area (Å²) in [5, 5.41) is 11.4. The standard InChI is InChI=1S/C31H35N5O6/c1-39-26-15-7-4-10-21(26)19-35(28(37)20-36-25-14-6-5-13-24(25)33-34-36)29(31(38)32-18-22-11-9-17-42-22)23-12-8-16-27(40-2)30(23)41-3/h4-8,10,12-16,22,29H,9,11,17-20H2,1-3H3,(H,32,38)/t22-,29+/m1/s1. The maximum Gasteiger partial charge on any atom is 0.247 e. The van der Waals surface area contributed by atoms with E-state index in [2.05, 4.69) is 15.6 Å². The maximum atomic E-state index is 14.3. The SMILES string of the molecule is COc1ccccc1CN(C(=O)Cn1nnc2ccccc21)[C@H](C(=O)NC[C@H]1CCCO1)c1cccc(OC)c1OC. The molecule has 4 aromatic rings. The Hall–Kier alpha value is -4.64. The zero-order chi connectivity index (χ0) is 29.5. The minimum atomic E-state index is -1.08. The molecule has 1 fully saturated rings. The number of carbonyl (C=O) groups excluding carboxylic acids is 2. The van der Waals surface area contributed by atoms with E-state index in [0.717, 1.165) is 18.4 Å². The number of aromatic nitrogens is 3. The van der Waals surface area contributed by atoms with Crippen LogP contribution in [-0.2, 0) is 27.4 Å². The Bertz CT molecular complexity index is 1530. The van der Waals surface area contributed by atoms with Crippen molar-refractivity contribution in [3.63, 3.8) is 0 Å². The van der Waals surface area contributed by atoms with Crippen LogP contribution >= 0.6 is 0 Å². The van der Waals surface area contributed by atoms with Gasteiger partial charge in [-0.15, -0.1) is 5.10 Å². The molecule has 11 nitrogen and oxygen atoms in total. The molecule has 2 atom stereocenters. The lowest BCUT2D eigenvalue weighted by Gasteiger charge is -2.33. The zero-order valence-corrected chi connectivity index (χ0v) is 24.0. The van der Waals surface area contributed by atoms with Gasteiger partial charge in [0.15, 0.2) is 11.5 Å². The van der Waals surface area contributed by atoms with Gasteiger partial charge >= 0.3 is 0 Å². The summed E-state index contributed by atoms with van der Waals surface area (Å²) in [5.74, 6) is 0.681. The Balaban J connectivity index is 1.59. The highest BCUT2D eigenvalue weighted by Crippen LogP contribution is 2.38. The molecule has 2 heterocycles. The number of nitrogens with zero attached hydrogens (tertiary/aromatic N) is 4. The lowest BCUT2D eigenvalue weighted by atomic mass is 10.0. The summed E-state index contributed by atoms with van der Waals surface area (Å²) in [5.41, 5.74) is 2.59. The van der Waals surface area contributed by atoms with Crippen molar-refractivity contribution in [1.82, 2.24) is 25.2 Å². The molecule has 220 valence electrons. The van der Waals surface area contributed by atoms with E-state index in [1.54, 1.807) is 25.3 Å². The van der Waals surface area contributed by atoms with Crippen LogP contribution in [0, 0.1) is 0 Å². The van der Waals surface area contributed by atoms with Crippen molar-refractivity contribution in [1.29, 1.82) is 0 Å². The van der Waals surface area contributed by atoms with E-state index in [0.29, 0.717) is 47.0 Å². The summed E-state index contributed by atoms with van der Waals surface area (Å²) < 4.78 is 24.2. The fourth-order valence-corrected chi connectivity index (χ4v) is 5.29. The molecule has 42 heavy (non-hydrogen) atoms. The first kappa shape index (κ1) is 28.9. The largest absolute Gasteiger partial charge is 0.496 e. The van der Waals surface area contributed by atoms with Crippen molar-refractivity contribution in [2.45, 2.75) is 38.1 Å². The van der Waals surface area contributed by atoms with Crippen LogP contribution in [0.2, 0.25) is 0 Å². The highest BCUT2D eigenvalue weighted by molar-refractivity contribution is 5.90. The van der Waals surface area contributed by atoms with Gasteiger partial charge in [0.25, 0.3) is 0 Å². The molecule has 0 bridgehead atoms. The Morgan fingerprint density at radius 1 is 1.00 bits per heavy atom. The molecule has 11 heteroatoms. The van der Waals surface area contributed by atoms with Crippen molar-refractivity contribution in [2.24, 2.45) is 0 Å². The number of amides is 2. The van der Waals surface area contributed by atoms with E-state index < -0.39 is 6.04 Å². The summed E-state index contributed by atoms with van der Waals surface area (Å²) >= 11 is 0. The van der Waals surface area contributed by atoms with Crippen LogP contribution in [0.4, 0.5) is 0 Å². The molecule has 1 N–H and O–H groups in total. The summed E-state index contributed by atoms with van der Waals surface area (Å²) in [7, 11) is 4.61. The molecule has 1 aliphatic rings. The van der Waals surface area contributed by atoms with E-state index in [4.69, 9.17) is 18.9 Å². The topological polar surface area (TPSA) is 117 Å². The first-order chi connectivity index (χ1) is 20.5. The molecule has 0 aliphatic carbocycles. The minimum absolute atomic E-state index is 0.0772. The molecule has 3 aromatic carbocycles. The lowest BCUT2D eigenvalue weighted by Crippen LogP contribution is -2.46. The smallest absolute Gasteiger partial charge is 0.247 e. The first-order valence-corrected chi connectivity index (χ1v) is 13.8. The van der Waals surface area contributed by atoms with Crippen molar-refractivity contribution >= 4 is 22.8 Å². The molecule has 1 aliphatic heterocycles. The molecule has 0 saturated carbocycles. The summed E-state index contributed by atoms with van der Waals surface area (Å²) in [6, 6.07) is 19.0. The Morgan fingerprint density at radius 3 is 2.52 bits per heavy atom. The lowest BCUT2D eigenvalue weighted by molar-refractivity contribution is -0.142. The van der Waals surface area contributed by atoms with Crippen molar-refractivity contribution < 1.29 is 28.5 Å². The van der Waals surface area contributed by atoms with E-state index in [-0.39, 0.29) is 31.0 Å². The summed E-state index contributed by atoms with van der Waals surface area (Å²) in [6.45, 7) is 0.926. The number of rotatable bonds is 12. The second kappa shape index (κ2) is 13.3. The second-order valence-electron chi connectivity index (χ2n) is 9.93. The van der Waals surface area contributed by atoms with Gasteiger partial charge in [-0.05, 0) is 37.1 Å². The third-order valence-corrected chi connectivity index (χ3v) is 7.37. The van der Waals surface area contributed by atoms with Gasteiger partial charge in [-0.25, -0.2) is 4.68 Å². The average molecular weight is 574 g/mol. The van der Waals surface area contributed by atoms with E-state index in [1.165, 1.54) is 23.8 Å². The number of methoxy groups -OCH3 is 3. The van der Waals surface area contributed by atoms with Crippen molar-refractivity contribution in [3.8, 4) is 17.2 Å². The third-order valence-electron chi connectivity index (χ3n) is 7.37. The van der Waals surface area contributed by atoms with Crippen LogP contribution in [0.5, 0.6) is 17.2 Å². The Kier molecular flexibility index (Phi) is 9.18. The van der Waals surface area contributed by atoms with Gasteiger partial charge in [0.1, 0.15) is 23.9 Å². The van der Waals surface area contributed by atoms with Crippen LogP contribution < -0.4 is 19.5 Å². The second-order valence-corrected chi connectivity index (χ2v) is 9.93. The van der Waals surface area contributed by atoms with Crippen molar-refractivity contribution in [2.75, 3.05) is 34.5 Å². The number of para-hydroxylation sites is 3. The maximum absolute atomic E-state index is 14.3. The average Bonchev–Trinajstić information content (AvgIpc) is 3.70. The molecule has 1 aromatic heterocycles. The van der Waals surface area contributed by atoms with Crippen molar-refractivity contribution in [3.05, 3.63) is 77.9 Å². The number of hydrogen-bond donors (Lipinski definition) is 1. The normalized spacial score (nSPS) is 15.3. The van der Waals surface area contributed by atoms with Crippen LogP contribution in [0.1, 0.15) is 30.0 Å². The Morgan fingerprint density at radius 2 is 1.76 bits per heavy atom. The summed E-state index contributed by atoms with van der Waals surface area (Å²) in [6.07, 6.45) is 1.72. The summed E-state index contributed by atoms with van der Waals surface area (Å²) in [4.78, 5) is 30.0. The fourth-order valence-electron chi connectivity index (χ4n) is 5.29. The van der Waals surface area contributed by atoms with Crippen LogP contribution in [0.15, 0.2) is 66.7 Å². The predicted octanol–water partition coefficient (Wildman–Crippen LogP) is 3.52. The predicted molar refractivity (Wildman–Crippen MR) is 155 cm³/mol. The monoisotopic (exact) mass is 573 g/mol. The van der Waals surface area contributed by atoms with Crippen LogP contribution in [0.25, 0.3) is 11.0 Å². The first-order valence-electron chi connectivity index (χ1n) is 13.8. The van der Waals surface area contributed by atoms with Gasteiger partial charge in [0.05, 0.1) is 39.5 Å². The number of benzene rings is 3. The number of ether oxygens (including phenoxy) is 4. The van der Waals surface area contributed by atoms with Gasteiger partial charge < -0.3 is 29.2 Å². The third kappa shape index (κ3) is 6.15. The van der Waals surface area contributed by atoms with E-state index >= 15 is 0 Å². The molecule has 2 amide bonds. The highest BCUT2D eigenvalue weighted by Gasteiger charge is 2.36. The molecule has 0 spiro atoms. The zero-order valence-electron chi connectivity index (χ0n) is 24.0. The Labute approximate surface area is 244 Å². The van der Waals surface area contributed by atoms with Crippen LogP contribution in [-0.4, -0.2) is 72.3 Å². The number of carbonyl (C=O) groups is 2. The van der Waals surface area contributed by atoms with E-state index in [1.807, 2.05) is 48.5 Å². The van der Waals surface area contributed by atoms with Gasteiger partial charge in [-0.1, -0.05) is 47.7 Å². The van der Waals surface area contributed by atoms with Gasteiger partial charge in [-0.3, -0.25) is 9.59 Å². The molecule has 5 rings (SSSR count). The van der Waals surface area contributed by atoms with Gasteiger partial charge in [0.2, 0.25) is 11.8 Å². The molecule has 0 radical (unpaired) electrons. The number of hydrogen-bond acceptors (Lipinski definition) is 8. The highest BCUT2D eigenvalue weighted by atomic mass is 16.5. The fraction of sp³-hybridized carbons (Fsp3) is 0.355. The van der Waals surface area contributed by atoms with Gasteiger partial charge in [-0.2, -0.15) is 0 Å². The molecular weight excluding hydrogens is 538 g/mol. The van der Waals surface area contributed by atoms with Crippen LogP contribution in [0.3, 0.4) is 0 Å².